The maximum absolute atomic E-state index is 11.6. The fraction of sp³-hybridized carbons (Fsp3) is 0.438. The third-order valence-electron chi connectivity index (χ3n) is 2.64. The van der Waals surface area contributed by atoms with Crippen molar-refractivity contribution in [2.24, 2.45) is 0 Å². The third-order valence-corrected chi connectivity index (χ3v) is 2.90. The van der Waals surface area contributed by atoms with Crippen molar-refractivity contribution in [1.29, 1.82) is 0 Å². The van der Waals surface area contributed by atoms with Crippen LogP contribution < -0.4 is 4.74 Å². The Morgan fingerprint density at radius 3 is 2.75 bits per heavy atom. The zero-order chi connectivity index (χ0) is 15.1. The van der Waals surface area contributed by atoms with Gasteiger partial charge < -0.3 is 9.47 Å². The number of halogens is 1. The minimum absolute atomic E-state index is 0.0721. The molecular weight excluding hydrogens is 320 g/mol. The van der Waals surface area contributed by atoms with Crippen molar-refractivity contribution >= 4 is 21.9 Å². The maximum atomic E-state index is 11.6. The summed E-state index contributed by atoms with van der Waals surface area (Å²) in [5.74, 6) is 0.497. The van der Waals surface area contributed by atoms with Crippen LogP contribution in [0.2, 0.25) is 0 Å². The van der Waals surface area contributed by atoms with Crippen LogP contribution in [0, 0.1) is 6.92 Å². The molecule has 0 fully saturated rings. The topological polar surface area (TPSA) is 35.5 Å². The van der Waals surface area contributed by atoms with Crippen molar-refractivity contribution in [2.45, 2.75) is 40.2 Å². The first-order valence-corrected chi connectivity index (χ1v) is 7.47. The smallest absolute Gasteiger partial charge is 0.310 e. The van der Waals surface area contributed by atoms with Gasteiger partial charge in [-0.1, -0.05) is 28.1 Å². The highest BCUT2D eigenvalue weighted by atomic mass is 79.9. The van der Waals surface area contributed by atoms with Gasteiger partial charge in [-0.05, 0) is 49.9 Å². The van der Waals surface area contributed by atoms with Crippen LogP contribution >= 0.6 is 15.9 Å². The highest BCUT2D eigenvalue weighted by Crippen LogP contribution is 2.23. The van der Waals surface area contributed by atoms with Crippen molar-refractivity contribution in [1.82, 2.24) is 0 Å². The first-order chi connectivity index (χ1) is 9.42. The monoisotopic (exact) mass is 340 g/mol. The minimum atomic E-state index is -0.235. The normalized spacial score (nSPS) is 12.9. The SMILES string of the molecule is CCOC(=O)Cc1ccc(C)cc1OC(C)/C=C(\C)Br. The Morgan fingerprint density at radius 1 is 1.45 bits per heavy atom. The molecule has 3 nitrogen and oxygen atoms in total. The summed E-state index contributed by atoms with van der Waals surface area (Å²) in [7, 11) is 0. The quantitative estimate of drug-likeness (QED) is 0.729. The molecule has 0 saturated carbocycles. The number of rotatable bonds is 6. The average molecular weight is 341 g/mol. The van der Waals surface area contributed by atoms with Crippen LogP contribution in [-0.2, 0) is 16.0 Å². The predicted octanol–water partition coefficient (Wildman–Crippen LogP) is 4.17. The lowest BCUT2D eigenvalue weighted by molar-refractivity contribution is -0.142. The lowest BCUT2D eigenvalue weighted by Gasteiger charge is -2.16. The number of esters is 1. The average Bonchev–Trinajstić information content (AvgIpc) is 2.31. The van der Waals surface area contributed by atoms with Gasteiger partial charge >= 0.3 is 5.97 Å². The van der Waals surface area contributed by atoms with Crippen LogP contribution in [0.3, 0.4) is 0 Å². The van der Waals surface area contributed by atoms with Crippen molar-refractivity contribution in [2.75, 3.05) is 6.61 Å². The van der Waals surface area contributed by atoms with Gasteiger partial charge in [0.2, 0.25) is 0 Å². The summed E-state index contributed by atoms with van der Waals surface area (Å²) < 4.78 is 11.9. The van der Waals surface area contributed by atoms with E-state index in [9.17, 15) is 4.79 Å². The highest BCUT2D eigenvalue weighted by Gasteiger charge is 2.12. The number of hydrogen-bond donors (Lipinski definition) is 0. The number of hydrogen-bond acceptors (Lipinski definition) is 3. The van der Waals surface area contributed by atoms with Gasteiger partial charge in [0.15, 0.2) is 0 Å². The Morgan fingerprint density at radius 2 is 2.15 bits per heavy atom. The number of ether oxygens (including phenoxy) is 2. The van der Waals surface area contributed by atoms with E-state index in [1.807, 2.05) is 45.0 Å². The molecule has 0 spiro atoms. The molecule has 0 radical (unpaired) electrons. The van der Waals surface area contributed by atoms with Crippen LogP contribution in [0.4, 0.5) is 0 Å². The Hall–Kier alpha value is -1.29. The molecule has 1 rings (SSSR count). The van der Waals surface area contributed by atoms with Gasteiger partial charge in [0.25, 0.3) is 0 Å². The van der Waals surface area contributed by atoms with E-state index < -0.39 is 0 Å². The second-order valence-corrected chi connectivity index (χ2v) is 5.92. The Kier molecular flexibility index (Phi) is 6.79. The summed E-state index contributed by atoms with van der Waals surface area (Å²) in [5, 5.41) is 0. The summed E-state index contributed by atoms with van der Waals surface area (Å²) in [6.07, 6.45) is 2.13. The minimum Gasteiger partial charge on any atom is -0.486 e. The van der Waals surface area contributed by atoms with Crippen molar-refractivity contribution in [3.05, 3.63) is 39.9 Å². The predicted molar refractivity (Wildman–Crippen MR) is 84.3 cm³/mol. The van der Waals surface area contributed by atoms with Crippen molar-refractivity contribution in [3.63, 3.8) is 0 Å². The van der Waals surface area contributed by atoms with Crippen molar-refractivity contribution < 1.29 is 14.3 Å². The molecule has 4 heteroatoms. The van der Waals surface area contributed by atoms with Crippen LogP contribution in [0.1, 0.15) is 31.9 Å². The van der Waals surface area contributed by atoms with E-state index in [-0.39, 0.29) is 18.5 Å². The molecule has 20 heavy (non-hydrogen) atoms. The first kappa shape index (κ1) is 16.8. The molecule has 110 valence electrons. The molecular formula is C16H21BrO3. The second-order valence-electron chi connectivity index (χ2n) is 4.67. The molecule has 0 heterocycles. The van der Waals surface area contributed by atoms with Gasteiger partial charge in [0.05, 0.1) is 13.0 Å². The maximum Gasteiger partial charge on any atom is 0.310 e. The molecule has 0 N–H and O–H groups in total. The summed E-state index contributed by atoms with van der Waals surface area (Å²) in [4.78, 5) is 11.6. The Balaban J connectivity index is 2.90. The molecule has 1 unspecified atom stereocenters. The van der Waals surface area contributed by atoms with Gasteiger partial charge in [0.1, 0.15) is 11.9 Å². The molecule has 1 aromatic carbocycles. The number of carbonyl (C=O) groups is 1. The summed E-state index contributed by atoms with van der Waals surface area (Å²) in [5.41, 5.74) is 1.95. The third kappa shape index (κ3) is 5.78. The molecule has 0 aromatic heterocycles. The summed E-state index contributed by atoms with van der Waals surface area (Å²) in [6, 6.07) is 5.83. The number of benzene rings is 1. The zero-order valence-electron chi connectivity index (χ0n) is 12.4. The standard InChI is InChI=1S/C16H21BrO3/c1-5-19-16(18)10-14-7-6-11(2)8-15(14)20-13(4)9-12(3)17/h6-9,13H,5,10H2,1-4H3/b12-9+. The summed E-state index contributed by atoms with van der Waals surface area (Å²) in [6.45, 7) is 8.10. The molecule has 0 amide bonds. The Labute approximate surface area is 129 Å². The van der Waals surface area contributed by atoms with Crippen LogP contribution in [0.15, 0.2) is 28.8 Å². The molecule has 0 aliphatic heterocycles. The molecule has 1 aromatic rings. The van der Waals surface area contributed by atoms with E-state index in [1.54, 1.807) is 6.92 Å². The molecule has 1 atom stereocenters. The van der Waals surface area contributed by atoms with Crippen LogP contribution in [-0.4, -0.2) is 18.7 Å². The highest BCUT2D eigenvalue weighted by molar-refractivity contribution is 9.11. The first-order valence-electron chi connectivity index (χ1n) is 6.68. The molecule has 0 bridgehead atoms. The summed E-state index contributed by atoms with van der Waals surface area (Å²) >= 11 is 3.39. The zero-order valence-corrected chi connectivity index (χ0v) is 14.0. The van der Waals surface area contributed by atoms with E-state index >= 15 is 0 Å². The fourth-order valence-corrected chi connectivity index (χ4v) is 2.21. The van der Waals surface area contributed by atoms with Gasteiger partial charge in [-0.2, -0.15) is 0 Å². The lowest BCUT2D eigenvalue weighted by atomic mass is 10.1. The van der Waals surface area contributed by atoms with Gasteiger partial charge in [-0.25, -0.2) is 0 Å². The van der Waals surface area contributed by atoms with Crippen LogP contribution in [0.25, 0.3) is 0 Å². The van der Waals surface area contributed by atoms with Gasteiger partial charge in [0, 0.05) is 5.56 Å². The van der Waals surface area contributed by atoms with E-state index in [1.165, 1.54) is 0 Å². The number of carbonyl (C=O) groups excluding carboxylic acids is 1. The lowest BCUT2D eigenvalue weighted by Crippen LogP contribution is -2.13. The van der Waals surface area contributed by atoms with Crippen molar-refractivity contribution in [3.8, 4) is 5.75 Å². The number of allylic oxidation sites excluding steroid dienone is 1. The van der Waals surface area contributed by atoms with E-state index in [0.29, 0.717) is 6.61 Å². The number of aryl methyl sites for hydroxylation is 1. The largest absolute Gasteiger partial charge is 0.486 e. The molecule has 0 saturated heterocycles. The molecule has 0 aliphatic carbocycles. The molecule has 0 aliphatic rings. The van der Waals surface area contributed by atoms with Crippen LogP contribution in [0.5, 0.6) is 5.75 Å². The van der Waals surface area contributed by atoms with E-state index in [2.05, 4.69) is 15.9 Å². The van der Waals surface area contributed by atoms with E-state index in [4.69, 9.17) is 9.47 Å². The van der Waals surface area contributed by atoms with E-state index in [0.717, 1.165) is 21.4 Å². The van der Waals surface area contributed by atoms with Gasteiger partial charge in [-0.3, -0.25) is 4.79 Å². The Bertz CT molecular complexity index is 490. The second kappa shape index (κ2) is 8.10. The van der Waals surface area contributed by atoms with Gasteiger partial charge in [-0.15, -0.1) is 0 Å². The fourth-order valence-electron chi connectivity index (χ4n) is 1.84.